The van der Waals surface area contributed by atoms with Gasteiger partial charge in [0.1, 0.15) is 29.5 Å². The predicted molar refractivity (Wildman–Crippen MR) is 225 cm³/mol. The number of benzene rings is 2. The van der Waals surface area contributed by atoms with Crippen molar-refractivity contribution in [2.45, 2.75) is 89.4 Å². The molecule has 2 aromatic carbocycles. The molecule has 59 heavy (non-hydrogen) atoms. The summed E-state index contributed by atoms with van der Waals surface area (Å²) in [6.45, 7) is 14.5. The van der Waals surface area contributed by atoms with Crippen molar-refractivity contribution >= 4 is 40.1 Å². The molecule has 0 bridgehead atoms. The Morgan fingerprint density at radius 3 is 2.44 bits per heavy atom. The van der Waals surface area contributed by atoms with Gasteiger partial charge in [-0.25, -0.2) is 9.97 Å². The molecule has 0 spiro atoms. The van der Waals surface area contributed by atoms with E-state index in [4.69, 9.17) is 9.72 Å². The third-order valence-corrected chi connectivity index (χ3v) is 14.1. The van der Waals surface area contributed by atoms with Crippen LogP contribution in [0.2, 0.25) is 0 Å². The maximum absolute atomic E-state index is 13.4. The lowest BCUT2D eigenvalue weighted by Gasteiger charge is -2.43. The van der Waals surface area contributed by atoms with Crippen LogP contribution >= 0.6 is 0 Å². The van der Waals surface area contributed by atoms with Crippen LogP contribution in [0.25, 0.3) is 22.3 Å². The van der Waals surface area contributed by atoms with E-state index < -0.39 is 6.04 Å². The quantitative estimate of drug-likeness (QED) is 0.213. The Morgan fingerprint density at radius 2 is 1.66 bits per heavy atom. The van der Waals surface area contributed by atoms with Crippen LogP contribution in [0.5, 0.6) is 5.75 Å². The topological polar surface area (TPSA) is 143 Å². The number of anilines is 2. The summed E-state index contributed by atoms with van der Waals surface area (Å²) in [4.78, 5) is 59.0. The Hall–Kier alpha value is -5.08. The SMILES string of the molecule is C[C@H]1CN(c2cc(-c3[nH]nc4ccc(OC5(C)CC5)cc34)ncn2)CCN1CC1CCN(CC2CCN(c3cccc4c3CN(C3CCC(=O)NC3=O)C4=O)CC2)CC1. The van der Waals surface area contributed by atoms with Crippen molar-refractivity contribution in [2.75, 3.05) is 68.7 Å². The summed E-state index contributed by atoms with van der Waals surface area (Å²) < 4.78 is 6.25. The first kappa shape index (κ1) is 38.1. The molecule has 10 rings (SSSR count). The number of hydrogen-bond donors (Lipinski definition) is 2. The molecule has 1 aliphatic carbocycles. The van der Waals surface area contributed by atoms with E-state index in [-0.39, 0.29) is 29.7 Å². The second kappa shape index (κ2) is 15.5. The fraction of sp³-hybridized carbons (Fsp3) is 0.556. The summed E-state index contributed by atoms with van der Waals surface area (Å²) in [7, 11) is 0. The van der Waals surface area contributed by atoms with E-state index in [2.05, 4.69) is 72.1 Å². The average molecular weight is 801 g/mol. The number of rotatable bonds is 10. The lowest BCUT2D eigenvalue weighted by atomic mass is 9.91. The summed E-state index contributed by atoms with van der Waals surface area (Å²) in [5.41, 5.74) is 5.43. The van der Waals surface area contributed by atoms with Gasteiger partial charge in [0.15, 0.2) is 0 Å². The van der Waals surface area contributed by atoms with Crippen molar-refractivity contribution in [3.63, 3.8) is 0 Å². The van der Waals surface area contributed by atoms with Gasteiger partial charge in [-0.15, -0.1) is 0 Å². The van der Waals surface area contributed by atoms with Crippen LogP contribution in [0.1, 0.15) is 81.1 Å². The van der Waals surface area contributed by atoms with E-state index >= 15 is 0 Å². The van der Waals surface area contributed by atoms with Crippen LogP contribution in [0.4, 0.5) is 11.5 Å². The molecule has 5 fully saturated rings. The zero-order chi connectivity index (χ0) is 40.3. The fourth-order valence-corrected chi connectivity index (χ4v) is 10.2. The molecule has 0 radical (unpaired) electrons. The number of hydrogen-bond acceptors (Lipinski definition) is 11. The third-order valence-electron chi connectivity index (χ3n) is 14.1. The zero-order valence-corrected chi connectivity index (χ0v) is 34.4. The molecule has 5 aliphatic heterocycles. The first-order valence-electron chi connectivity index (χ1n) is 21.9. The molecule has 6 aliphatic rings. The van der Waals surface area contributed by atoms with E-state index in [1.165, 1.54) is 25.9 Å². The highest BCUT2D eigenvalue weighted by atomic mass is 16.5. The number of ether oxygens (including phenoxy) is 1. The Morgan fingerprint density at radius 1 is 0.864 bits per heavy atom. The molecule has 310 valence electrons. The van der Waals surface area contributed by atoms with E-state index in [1.807, 2.05) is 24.3 Å². The summed E-state index contributed by atoms with van der Waals surface area (Å²) in [5, 5.41) is 11.2. The molecule has 1 saturated carbocycles. The average Bonchev–Trinajstić information content (AvgIpc) is 3.66. The normalized spacial score (nSPS) is 24.5. The van der Waals surface area contributed by atoms with Crippen molar-refractivity contribution in [1.29, 1.82) is 0 Å². The van der Waals surface area contributed by atoms with Crippen LogP contribution < -0.4 is 19.9 Å². The first-order chi connectivity index (χ1) is 28.7. The molecular weight excluding hydrogens is 745 g/mol. The second-order valence-corrected chi connectivity index (χ2v) is 18.3. The van der Waals surface area contributed by atoms with Gasteiger partial charge in [0.25, 0.3) is 5.91 Å². The largest absolute Gasteiger partial charge is 0.488 e. The number of piperazine rings is 1. The van der Waals surface area contributed by atoms with Crippen LogP contribution in [0.3, 0.4) is 0 Å². The van der Waals surface area contributed by atoms with Gasteiger partial charge in [-0.3, -0.25) is 29.7 Å². The number of imide groups is 1. The van der Waals surface area contributed by atoms with Crippen molar-refractivity contribution in [2.24, 2.45) is 11.8 Å². The number of H-pyrrole nitrogens is 1. The molecule has 7 heterocycles. The lowest BCUT2D eigenvalue weighted by Crippen LogP contribution is -2.54. The molecule has 2 aromatic heterocycles. The third kappa shape index (κ3) is 7.77. The minimum absolute atomic E-state index is 0.0402. The van der Waals surface area contributed by atoms with Gasteiger partial charge in [-0.1, -0.05) is 6.07 Å². The minimum Gasteiger partial charge on any atom is -0.488 e. The maximum atomic E-state index is 13.4. The fourth-order valence-electron chi connectivity index (χ4n) is 10.2. The molecule has 4 aromatic rings. The Labute approximate surface area is 345 Å². The maximum Gasteiger partial charge on any atom is 0.255 e. The van der Waals surface area contributed by atoms with Gasteiger partial charge in [-0.2, -0.15) is 5.10 Å². The highest BCUT2D eigenvalue weighted by Gasteiger charge is 2.41. The van der Waals surface area contributed by atoms with E-state index in [0.717, 1.165) is 123 Å². The number of aromatic amines is 1. The van der Waals surface area contributed by atoms with Crippen LogP contribution in [-0.2, 0) is 16.1 Å². The zero-order valence-electron chi connectivity index (χ0n) is 34.4. The first-order valence-corrected chi connectivity index (χ1v) is 21.9. The van der Waals surface area contributed by atoms with Crippen molar-refractivity contribution in [3.8, 4) is 17.1 Å². The van der Waals surface area contributed by atoms with Gasteiger partial charge in [-0.05, 0) is 114 Å². The van der Waals surface area contributed by atoms with Gasteiger partial charge in [0.05, 0.1) is 16.9 Å². The molecule has 1 unspecified atom stereocenters. The molecule has 3 amide bonds. The van der Waals surface area contributed by atoms with Crippen molar-refractivity contribution < 1.29 is 19.1 Å². The molecule has 2 N–H and O–H groups in total. The predicted octanol–water partition coefficient (Wildman–Crippen LogP) is 4.85. The standard InChI is InChI=1S/C45H56N10O4/c1-29-24-54(40-23-37(46-28-47-40)42-34-22-32(59-45(2)14-15-45)6-7-36(34)49-50-42)21-20-53(29)26-31-10-16-51(17-11-31)25-30-12-18-52(19-13-30)38-5-3-4-33-35(38)27-55(44(33)58)39-8-9-41(56)48-43(39)57/h3-7,22-23,28-31,39H,8-21,24-27H2,1-2H3,(H,49,50)(H,48,56,57)/t29-,39?/m0/s1. The summed E-state index contributed by atoms with van der Waals surface area (Å²) in [5.74, 6) is 2.50. The number of carbonyl (C=O) groups excluding carboxylic acids is 3. The van der Waals surface area contributed by atoms with E-state index in [1.54, 1.807) is 11.2 Å². The molecule has 4 saturated heterocycles. The number of nitrogens with zero attached hydrogens (tertiary/aromatic N) is 8. The summed E-state index contributed by atoms with van der Waals surface area (Å²) >= 11 is 0. The molecule has 2 atom stereocenters. The minimum atomic E-state index is -0.588. The number of fused-ring (bicyclic) bond motifs is 2. The number of carbonyl (C=O) groups is 3. The number of amides is 3. The summed E-state index contributed by atoms with van der Waals surface area (Å²) in [6.07, 6.45) is 9.28. The number of likely N-dealkylation sites (tertiary alicyclic amines) is 1. The van der Waals surface area contributed by atoms with Gasteiger partial charge >= 0.3 is 0 Å². The van der Waals surface area contributed by atoms with Gasteiger partial charge in [0.2, 0.25) is 11.8 Å². The van der Waals surface area contributed by atoms with Crippen molar-refractivity contribution in [3.05, 3.63) is 59.9 Å². The summed E-state index contributed by atoms with van der Waals surface area (Å²) in [6, 6.07) is 14.0. The Bertz CT molecular complexity index is 2240. The highest BCUT2D eigenvalue weighted by Crippen LogP contribution is 2.41. The Balaban J connectivity index is 0.683. The van der Waals surface area contributed by atoms with Crippen LogP contribution in [0, 0.1) is 11.8 Å². The number of piperidine rings is 3. The van der Waals surface area contributed by atoms with E-state index in [0.29, 0.717) is 30.5 Å². The number of aromatic nitrogens is 4. The second-order valence-electron chi connectivity index (χ2n) is 18.3. The van der Waals surface area contributed by atoms with Crippen molar-refractivity contribution in [1.82, 2.24) is 40.2 Å². The van der Waals surface area contributed by atoms with Gasteiger partial charge < -0.3 is 24.3 Å². The monoisotopic (exact) mass is 800 g/mol. The lowest BCUT2D eigenvalue weighted by molar-refractivity contribution is -0.136. The van der Waals surface area contributed by atoms with Gasteiger partial charge in [0, 0.05) is 93.1 Å². The smallest absolute Gasteiger partial charge is 0.255 e. The molecule has 14 nitrogen and oxygen atoms in total. The van der Waals surface area contributed by atoms with Crippen LogP contribution in [0.15, 0.2) is 48.8 Å². The highest BCUT2D eigenvalue weighted by molar-refractivity contribution is 6.06. The molecular formula is C45H56N10O4. The van der Waals surface area contributed by atoms with Crippen LogP contribution in [-0.4, -0.2) is 129 Å². The van der Waals surface area contributed by atoms with E-state index in [9.17, 15) is 14.4 Å². The molecule has 14 heteroatoms. The Kier molecular flexibility index (Phi) is 10.0. The number of nitrogens with one attached hydrogen (secondary N) is 2.